The number of thioether (sulfide) groups is 1. The van der Waals surface area contributed by atoms with E-state index in [1.807, 2.05) is 18.2 Å². The standard InChI is InChI=1S/C12H13N3OS/c1-16-10-7-14-12(15-11(10)13)17-8-9-5-3-2-4-6-9/h2-7H,8H2,1H3,(H2,13,14,15). The van der Waals surface area contributed by atoms with Crippen molar-refractivity contribution in [2.24, 2.45) is 0 Å². The number of ether oxygens (including phenoxy) is 1. The first-order valence-corrected chi connectivity index (χ1v) is 6.11. The molecule has 0 fully saturated rings. The maximum absolute atomic E-state index is 5.71. The summed E-state index contributed by atoms with van der Waals surface area (Å²) in [7, 11) is 1.55. The summed E-state index contributed by atoms with van der Waals surface area (Å²) >= 11 is 1.55. The molecule has 0 amide bonds. The molecular formula is C12H13N3OS. The molecule has 0 bridgehead atoms. The SMILES string of the molecule is COc1cnc(SCc2ccccc2)nc1N. The Morgan fingerprint density at radius 2 is 2.06 bits per heavy atom. The third-order valence-corrected chi connectivity index (χ3v) is 3.12. The Balaban J connectivity index is 2.02. The van der Waals surface area contributed by atoms with Crippen molar-refractivity contribution in [2.75, 3.05) is 12.8 Å². The van der Waals surface area contributed by atoms with Gasteiger partial charge in [-0.25, -0.2) is 9.97 Å². The van der Waals surface area contributed by atoms with E-state index in [0.717, 1.165) is 5.75 Å². The maximum Gasteiger partial charge on any atom is 0.190 e. The Labute approximate surface area is 104 Å². The minimum atomic E-state index is 0.373. The summed E-state index contributed by atoms with van der Waals surface area (Å²) in [6, 6.07) is 10.2. The summed E-state index contributed by atoms with van der Waals surface area (Å²) in [6.07, 6.45) is 1.59. The van der Waals surface area contributed by atoms with E-state index in [4.69, 9.17) is 10.5 Å². The molecule has 0 radical (unpaired) electrons. The van der Waals surface area contributed by atoms with Crippen molar-refractivity contribution in [1.29, 1.82) is 0 Å². The first-order chi connectivity index (χ1) is 8.29. The van der Waals surface area contributed by atoms with Crippen LogP contribution in [0.4, 0.5) is 5.82 Å². The van der Waals surface area contributed by atoms with E-state index < -0.39 is 0 Å². The van der Waals surface area contributed by atoms with E-state index in [-0.39, 0.29) is 0 Å². The zero-order valence-electron chi connectivity index (χ0n) is 9.46. The minimum absolute atomic E-state index is 0.373. The van der Waals surface area contributed by atoms with E-state index in [2.05, 4.69) is 22.1 Å². The quantitative estimate of drug-likeness (QED) is 0.664. The minimum Gasteiger partial charge on any atom is -0.491 e. The number of nitrogen functional groups attached to an aromatic ring is 1. The maximum atomic E-state index is 5.71. The van der Waals surface area contributed by atoms with Crippen molar-refractivity contribution in [3.05, 3.63) is 42.1 Å². The molecule has 1 heterocycles. The smallest absolute Gasteiger partial charge is 0.190 e. The number of nitrogens with zero attached hydrogens (tertiary/aromatic N) is 2. The summed E-state index contributed by atoms with van der Waals surface area (Å²) in [4.78, 5) is 8.34. The van der Waals surface area contributed by atoms with E-state index >= 15 is 0 Å². The van der Waals surface area contributed by atoms with Crippen LogP contribution < -0.4 is 10.5 Å². The number of hydrogen-bond acceptors (Lipinski definition) is 5. The lowest BCUT2D eigenvalue weighted by atomic mass is 10.2. The number of rotatable bonds is 4. The van der Waals surface area contributed by atoms with Crippen LogP contribution in [0.3, 0.4) is 0 Å². The van der Waals surface area contributed by atoms with Gasteiger partial charge in [0.15, 0.2) is 16.7 Å². The number of benzene rings is 1. The molecule has 0 saturated heterocycles. The first kappa shape index (κ1) is 11.7. The van der Waals surface area contributed by atoms with Gasteiger partial charge in [0.25, 0.3) is 0 Å². The van der Waals surface area contributed by atoms with Gasteiger partial charge in [-0.05, 0) is 5.56 Å². The number of nitrogens with two attached hydrogens (primary N) is 1. The van der Waals surface area contributed by atoms with E-state index in [0.29, 0.717) is 16.7 Å². The summed E-state index contributed by atoms with van der Waals surface area (Å²) in [5, 5.41) is 0.659. The molecule has 0 aliphatic rings. The van der Waals surface area contributed by atoms with Gasteiger partial charge in [-0.15, -0.1) is 0 Å². The predicted octanol–water partition coefficient (Wildman–Crippen LogP) is 2.36. The van der Waals surface area contributed by atoms with Crippen LogP contribution >= 0.6 is 11.8 Å². The van der Waals surface area contributed by atoms with Crippen molar-refractivity contribution in [3.8, 4) is 5.75 Å². The van der Waals surface area contributed by atoms with Crippen molar-refractivity contribution < 1.29 is 4.74 Å². The second-order valence-electron chi connectivity index (χ2n) is 3.38. The molecule has 17 heavy (non-hydrogen) atoms. The summed E-state index contributed by atoms with van der Waals surface area (Å²) in [5.74, 6) is 1.71. The second kappa shape index (κ2) is 5.54. The topological polar surface area (TPSA) is 61.0 Å². The van der Waals surface area contributed by atoms with Crippen LogP contribution in [0, 0.1) is 0 Å². The molecule has 0 saturated carbocycles. The zero-order valence-corrected chi connectivity index (χ0v) is 10.3. The number of aromatic nitrogens is 2. The highest BCUT2D eigenvalue weighted by Gasteiger charge is 2.04. The third-order valence-electron chi connectivity index (χ3n) is 2.19. The third kappa shape index (κ3) is 3.10. The molecule has 1 aromatic carbocycles. The van der Waals surface area contributed by atoms with Gasteiger partial charge in [0.1, 0.15) is 0 Å². The predicted molar refractivity (Wildman–Crippen MR) is 69.0 cm³/mol. The van der Waals surface area contributed by atoms with E-state index in [9.17, 15) is 0 Å². The van der Waals surface area contributed by atoms with Gasteiger partial charge >= 0.3 is 0 Å². The van der Waals surface area contributed by atoms with Crippen LogP contribution in [0.25, 0.3) is 0 Å². The highest BCUT2D eigenvalue weighted by atomic mass is 32.2. The molecule has 88 valence electrons. The van der Waals surface area contributed by atoms with E-state index in [1.165, 1.54) is 5.56 Å². The molecule has 0 aliphatic carbocycles. The molecule has 0 spiro atoms. The first-order valence-electron chi connectivity index (χ1n) is 5.13. The van der Waals surface area contributed by atoms with Gasteiger partial charge in [-0.1, -0.05) is 42.1 Å². The molecule has 1 aromatic heterocycles. The molecule has 5 heteroatoms. The van der Waals surface area contributed by atoms with Crippen LogP contribution in [-0.4, -0.2) is 17.1 Å². The normalized spacial score (nSPS) is 10.2. The summed E-state index contributed by atoms with van der Waals surface area (Å²) in [5.41, 5.74) is 6.94. The van der Waals surface area contributed by atoms with Gasteiger partial charge in [-0.3, -0.25) is 0 Å². The monoisotopic (exact) mass is 247 g/mol. The lowest BCUT2D eigenvalue weighted by Crippen LogP contribution is -1.98. The van der Waals surface area contributed by atoms with Crippen LogP contribution in [0.15, 0.2) is 41.7 Å². The molecular weight excluding hydrogens is 234 g/mol. The average Bonchev–Trinajstić information content (AvgIpc) is 2.38. The summed E-state index contributed by atoms with van der Waals surface area (Å²) in [6.45, 7) is 0. The molecule has 0 unspecified atom stereocenters. The van der Waals surface area contributed by atoms with Gasteiger partial charge in [0.2, 0.25) is 0 Å². The van der Waals surface area contributed by atoms with Crippen LogP contribution in [0.5, 0.6) is 5.75 Å². The summed E-state index contributed by atoms with van der Waals surface area (Å²) < 4.78 is 5.00. The fourth-order valence-corrected chi connectivity index (χ4v) is 2.09. The Kier molecular flexibility index (Phi) is 3.82. The molecule has 2 aromatic rings. The van der Waals surface area contributed by atoms with Gasteiger partial charge in [0, 0.05) is 5.75 Å². The van der Waals surface area contributed by atoms with Crippen molar-refractivity contribution in [3.63, 3.8) is 0 Å². The highest BCUT2D eigenvalue weighted by molar-refractivity contribution is 7.98. The average molecular weight is 247 g/mol. The number of anilines is 1. The Hall–Kier alpha value is -1.75. The van der Waals surface area contributed by atoms with Gasteiger partial charge in [0.05, 0.1) is 13.3 Å². The van der Waals surface area contributed by atoms with Crippen LogP contribution in [0.2, 0.25) is 0 Å². The lowest BCUT2D eigenvalue weighted by Gasteiger charge is -2.04. The largest absolute Gasteiger partial charge is 0.491 e. The fraction of sp³-hybridized carbons (Fsp3) is 0.167. The van der Waals surface area contributed by atoms with Crippen molar-refractivity contribution in [2.45, 2.75) is 10.9 Å². The fourth-order valence-electron chi connectivity index (χ4n) is 1.32. The highest BCUT2D eigenvalue weighted by Crippen LogP contribution is 2.23. The second-order valence-corrected chi connectivity index (χ2v) is 4.32. The van der Waals surface area contributed by atoms with Crippen molar-refractivity contribution in [1.82, 2.24) is 9.97 Å². The van der Waals surface area contributed by atoms with Gasteiger partial charge in [-0.2, -0.15) is 0 Å². The molecule has 0 atom stereocenters. The van der Waals surface area contributed by atoms with Crippen molar-refractivity contribution >= 4 is 17.6 Å². The zero-order chi connectivity index (χ0) is 12.1. The van der Waals surface area contributed by atoms with E-state index in [1.54, 1.807) is 25.1 Å². The Morgan fingerprint density at radius 1 is 1.29 bits per heavy atom. The van der Waals surface area contributed by atoms with Crippen LogP contribution in [0.1, 0.15) is 5.56 Å². The number of hydrogen-bond donors (Lipinski definition) is 1. The van der Waals surface area contributed by atoms with Crippen LogP contribution in [-0.2, 0) is 5.75 Å². The molecule has 2 rings (SSSR count). The number of methoxy groups -OCH3 is 1. The van der Waals surface area contributed by atoms with Gasteiger partial charge < -0.3 is 10.5 Å². The Morgan fingerprint density at radius 3 is 2.71 bits per heavy atom. The lowest BCUT2D eigenvalue weighted by molar-refractivity contribution is 0.412. The molecule has 4 nitrogen and oxygen atoms in total. The Bertz CT molecular complexity index is 490. The molecule has 0 aliphatic heterocycles. The molecule has 2 N–H and O–H groups in total.